The van der Waals surface area contributed by atoms with Gasteiger partial charge in [0.15, 0.2) is 5.82 Å². The zero-order valence-electron chi connectivity index (χ0n) is 20.8. The zero-order chi connectivity index (χ0) is 26.3. The van der Waals surface area contributed by atoms with Crippen molar-refractivity contribution in [3.05, 3.63) is 66.0 Å². The fraction of sp³-hybridized carbons (Fsp3) is 0.286. The number of benzene rings is 2. The number of anilines is 1. The molecule has 2 aliphatic rings. The molecule has 3 atom stereocenters. The van der Waals surface area contributed by atoms with E-state index >= 15 is 4.39 Å². The molecule has 1 saturated carbocycles. The predicted molar refractivity (Wildman–Crippen MR) is 138 cm³/mol. The van der Waals surface area contributed by atoms with E-state index in [2.05, 4.69) is 10.00 Å². The lowest BCUT2D eigenvalue weighted by molar-refractivity contribution is -0.143. The van der Waals surface area contributed by atoms with Gasteiger partial charge in [-0.1, -0.05) is 18.2 Å². The van der Waals surface area contributed by atoms with Gasteiger partial charge >= 0.3 is 5.97 Å². The van der Waals surface area contributed by atoms with Crippen LogP contribution in [0, 0.1) is 30.4 Å². The third-order valence-electron chi connectivity index (χ3n) is 8.09. The number of nitrogens with zero attached hydrogens (tertiary/aromatic N) is 6. The summed E-state index contributed by atoms with van der Waals surface area (Å²) in [6, 6.07) is 10.6. The highest BCUT2D eigenvalue weighted by Gasteiger charge is 2.48. The molecule has 3 aromatic heterocycles. The van der Waals surface area contributed by atoms with Gasteiger partial charge in [-0.3, -0.25) is 9.48 Å². The second kappa shape index (κ2) is 8.08. The van der Waals surface area contributed by atoms with Crippen LogP contribution >= 0.6 is 0 Å². The monoisotopic (exact) mass is 514 g/mol. The van der Waals surface area contributed by atoms with Gasteiger partial charge in [0, 0.05) is 48.2 Å². The van der Waals surface area contributed by atoms with E-state index in [1.165, 1.54) is 4.68 Å². The summed E-state index contributed by atoms with van der Waals surface area (Å²) >= 11 is 0. The van der Waals surface area contributed by atoms with Gasteiger partial charge in [0.2, 0.25) is 0 Å². The maximum absolute atomic E-state index is 15.3. The zero-order valence-corrected chi connectivity index (χ0v) is 20.8. The minimum atomic E-state index is -0.716. The van der Waals surface area contributed by atoms with Crippen molar-refractivity contribution < 1.29 is 18.7 Å². The minimum Gasteiger partial charge on any atom is -0.481 e. The molecular formula is C28H24F2N6O2. The van der Waals surface area contributed by atoms with E-state index in [1.54, 1.807) is 24.1 Å². The Morgan fingerprint density at radius 3 is 2.63 bits per heavy atom. The highest BCUT2D eigenvalue weighted by molar-refractivity contribution is 6.04. The first-order valence-corrected chi connectivity index (χ1v) is 12.6. The molecule has 8 nitrogen and oxygen atoms in total. The molecule has 192 valence electrons. The summed E-state index contributed by atoms with van der Waals surface area (Å²) in [7, 11) is 1.67. The Hall–Kier alpha value is -4.34. The number of aromatic nitrogens is 5. The molecule has 7 rings (SSSR count). The molecule has 0 radical (unpaired) electrons. The van der Waals surface area contributed by atoms with Gasteiger partial charge in [0.25, 0.3) is 0 Å². The van der Waals surface area contributed by atoms with Crippen LogP contribution in [0.25, 0.3) is 38.8 Å². The predicted octanol–water partition coefficient (Wildman–Crippen LogP) is 4.86. The Labute approximate surface area is 216 Å². The van der Waals surface area contributed by atoms with Gasteiger partial charge in [-0.25, -0.2) is 18.4 Å². The summed E-state index contributed by atoms with van der Waals surface area (Å²) in [6.45, 7) is 2.65. The van der Waals surface area contributed by atoms with Crippen molar-refractivity contribution in [1.29, 1.82) is 0 Å². The minimum absolute atomic E-state index is 0.0929. The SMILES string of the molecule is Cc1cccc2c(-c3c(F)cc(F)c4nn(C)cc34)nn(-c3ccc(N4C[C@@H]5C[C@H]4C[C@H]5C(=O)O)nc3)c12. The molecule has 2 fully saturated rings. The van der Waals surface area contributed by atoms with Crippen LogP contribution in [0.15, 0.2) is 48.8 Å². The summed E-state index contributed by atoms with van der Waals surface area (Å²) in [6.07, 6.45) is 4.85. The van der Waals surface area contributed by atoms with Crippen molar-refractivity contribution in [3.63, 3.8) is 0 Å². The normalized spacial score (nSPS) is 20.7. The van der Waals surface area contributed by atoms with E-state index in [1.807, 2.05) is 37.3 Å². The van der Waals surface area contributed by atoms with Crippen LogP contribution in [-0.4, -0.2) is 48.2 Å². The smallest absolute Gasteiger partial charge is 0.306 e. The Kier molecular flexibility index (Phi) is 4.85. The van der Waals surface area contributed by atoms with E-state index < -0.39 is 17.6 Å². The topological polar surface area (TPSA) is 89.1 Å². The van der Waals surface area contributed by atoms with Gasteiger partial charge in [-0.15, -0.1) is 0 Å². The number of hydrogen-bond acceptors (Lipinski definition) is 5. The van der Waals surface area contributed by atoms with E-state index in [9.17, 15) is 14.3 Å². The van der Waals surface area contributed by atoms with Gasteiger partial charge in [0.05, 0.1) is 23.3 Å². The molecule has 1 saturated heterocycles. The average molecular weight is 515 g/mol. The van der Waals surface area contributed by atoms with Crippen LogP contribution in [-0.2, 0) is 11.8 Å². The lowest BCUT2D eigenvalue weighted by Crippen LogP contribution is -2.38. The van der Waals surface area contributed by atoms with Gasteiger partial charge < -0.3 is 10.0 Å². The van der Waals surface area contributed by atoms with Crippen molar-refractivity contribution in [2.45, 2.75) is 25.8 Å². The number of rotatable bonds is 4. The van der Waals surface area contributed by atoms with E-state index in [0.29, 0.717) is 29.7 Å². The molecule has 4 heterocycles. The molecule has 2 bridgehead atoms. The van der Waals surface area contributed by atoms with Crippen LogP contribution in [0.4, 0.5) is 14.6 Å². The maximum atomic E-state index is 15.3. The number of halogens is 2. The Morgan fingerprint density at radius 1 is 1.08 bits per heavy atom. The van der Waals surface area contributed by atoms with Crippen molar-refractivity contribution in [3.8, 4) is 16.9 Å². The fourth-order valence-corrected chi connectivity index (χ4v) is 6.39. The van der Waals surface area contributed by atoms with Gasteiger partial charge in [-0.2, -0.15) is 10.2 Å². The van der Waals surface area contributed by atoms with Crippen LogP contribution in [0.3, 0.4) is 0 Å². The van der Waals surface area contributed by atoms with Crippen molar-refractivity contribution in [2.24, 2.45) is 18.9 Å². The van der Waals surface area contributed by atoms with Gasteiger partial charge in [0.1, 0.15) is 22.8 Å². The summed E-state index contributed by atoms with van der Waals surface area (Å²) in [5.41, 5.74) is 3.16. The first-order valence-electron chi connectivity index (χ1n) is 12.6. The first kappa shape index (κ1) is 22.8. The molecule has 1 aliphatic heterocycles. The molecule has 5 aromatic rings. The molecule has 1 N–H and O–H groups in total. The quantitative estimate of drug-likeness (QED) is 0.369. The Morgan fingerprint density at radius 2 is 1.92 bits per heavy atom. The largest absolute Gasteiger partial charge is 0.481 e. The average Bonchev–Trinajstić information content (AvgIpc) is 3.67. The summed E-state index contributed by atoms with van der Waals surface area (Å²) in [5.74, 6) is -1.45. The second-order valence-corrected chi connectivity index (χ2v) is 10.4. The van der Waals surface area contributed by atoms with E-state index in [-0.39, 0.29) is 29.0 Å². The highest BCUT2D eigenvalue weighted by Crippen LogP contribution is 2.44. The standard InChI is InChI=1S/C28H24F2N6O2/c1-14-4-3-5-18-26(24-20-13-34(2)32-25(20)22(30)10-21(24)29)33-36(27(14)18)16-6-7-23(31-11-16)35-12-15-8-17(35)9-19(15)28(37)38/h3-7,10-11,13,15,17,19H,8-9,12H2,1-2H3,(H,37,38)/t15-,17-,19+/m0/s1. The molecule has 38 heavy (non-hydrogen) atoms. The number of hydrogen-bond donors (Lipinski definition) is 1. The molecule has 0 unspecified atom stereocenters. The number of para-hydroxylation sites is 1. The van der Waals surface area contributed by atoms with Crippen LogP contribution < -0.4 is 4.90 Å². The number of piperidine rings is 1. The second-order valence-electron chi connectivity index (χ2n) is 10.4. The third kappa shape index (κ3) is 3.25. The third-order valence-corrected chi connectivity index (χ3v) is 8.09. The number of aliphatic carboxylic acids is 1. The molecular weight excluding hydrogens is 490 g/mol. The van der Waals surface area contributed by atoms with E-state index in [0.717, 1.165) is 34.8 Å². The number of fused-ring (bicyclic) bond motifs is 4. The summed E-state index contributed by atoms with van der Waals surface area (Å²) in [5, 5.41) is 19.5. The van der Waals surface area contributed by atoms with Crippen LogP contribution in [0.5, 0.6) is 0 Å². The number of carboxylic acids is 1. The number of carboxylic acid groups (broad SMARTS) is 1. The van der Waals surface area contributed by atoms with Crippen LogP contribution in [0.1, 0.15) is 18.4 Å². The number of pyridine rings is 1. The maximum Gasteiger partial charge on any atom is 0.306 e. The lowest BCUT2D eigenvalue weighted by Gasteiger charge is -2.30. The molecule has 10 heteroatoms. The molecule has 2 aromatic carbocycles. The lowest BCUT2D eigenvalue weighted by atomic mass is 9.95. The Bertz CT molecular complexity index is 1760. The fourth-order valence-electron chi connectivity index (χ4n) is 6.39. The number of aryl methyl sites for hydroxylation is 2. The van der Waals surface area contributed by atoms with Crippen LogP contribution in [0.2, 0.25) is 0 Å². The van der Waals surface area contributed by atoms with Crippen molar-refractivity contribution >= 4 is 33.6 Å². The van der Waals surface area contributed by atoms with Crippen molar-refractivity contribution in [1.82, 2.24) is 24.5 Å². The van der Waals surface area contributed by atoms with Gasteiger partial charge in [-0.05, 0) is 43.4 Å². The Balaban J connectivity index is 1.32. The highest BCUT2D eigenvalue weighted by atomic mass is 19.1. The van der Waals surface area contributed by atoms with Crippen molar-refractivity contribution in [2.75, 3.05) is 11.4 Å². The summed E-state index contributed by atoms with van der Waals surface area (Å²) in [4.78, 5) is 18.4. The summed E-state index contributed by atoms with van der Waals surface area (Å²) < 4.78 is 33.0. The first-order chi connectivity index (χ1) is 18.3. The molecule has 1 aliphatic carbocycles. The molecule has 0 amide bonds. The number of carbonyl (C=O) groups is 1. The van der Waals surface area contributed by atoms with E-state index in [4.69, 9.17) is 10.1 Å². The molecule has 0 spiro atoms.